The molecule has 0 radical (unpaired) electrons. The van der Waals surface area contributed by atoms with Gasteiger partial charge in [-0.15, -0.1) is 0 Å². The molecule has 0 saturated carbocycles. The molecule has 0 spiro atoms. The number of imidazole rings is 1. The van der Waals surface area contributed by atoms with Crippen molar-refractivity contribution in [3.8, 4) is 0 Å². The summed E-state index contributed by atoms with van der Waals surface area (Å²) in [6.45, 7) is 1.44. The molecule has 0 saturated heterocycles. The lowest BCUT2D eigenvalue weighted by atomic mass is 9.92. The third-order valence-corrected chi connectivity index (χ3v) is 6.78. The number of carbonyl (C=O) groups excluding carboxylic acids is 4. The maximum absolute atomic E-state index is 14.1. The predicted octanol–water partition coefficient (Wildman–Crippen LogP) is 3.60. The van der Waals surface area contributed by atoms with Crippen LogP contribution in [-0.4, -0.2) is 47.0 Å². The Morgan fingerprint density at radius 2 is 1.87 bits per heavy atom. The molecule has 2 N–H and O–H groups in total. The van der Waals surface area contributed by atoms with E-state index in [2.05, 4.69) is 4.98 Å². The Labute approximate surface area is 224 Å². The summed E-state index contributed by atoms with van der Waals surface area (Å²) in [5.41, 5.74) is 7.94. The van der Waals surface area contributed by atoms with Crippen molar-refractivity contribution in [1.82, 2.24) is 9.55 Å². The molecular weight excluding hydrogens is 513 g/mol. The normalized spacial score (nSPS) is 13.9. The number of hydrogen-bond acceptors (Lipinski definition) is 6. The third-order valence-electron chi connectivity index (χ3n) is 6.53. The van der Waals surface area contributed by atoms with E-state index in [9.17, 15) is 23.6 Å². The van der Waals surface area contributed by atoms with Crippen LogP contribution < -0.4 is 15.5 Å². The number of nitrogen functional groups attached to an aromatic ring is 1. The largest absolute Gasteiger partial charge is 0.369 e. The molecular formula is C27H27ClFN5O4. The number of benzene rings is 2. The van der Waals surface area contributed by atoms with Gasteiger partial charge >= 0.3 is 0 Å². The van der Waals surface area contributed by atoms with Crippen molar-refractivity contribution in [1.29, 1.82) is 0 Å². The Balaban J connectivity index is 1.61. The highest BCUT2D eigenvalue weighted by Crippen LogP contribution is 2.29. The van der Waals surface area contributed by atoms with E-state index in [1.54, 1.807) is 44.3 Å². The van der Waals surface area contributed by atoms with Crippen molar-refractivity contribution in [2.45, 2.75) is 32.7 Å². The lowest BCUT2D eigenvalue weighted by molar-refractivity contribution is -0.127. The van der Waals surface area contributed by atoms with Crippen molar-refractivity contribution in [2.24, 2.45) is 5.92 Å². The molecule has 0 bridgehead atoms. The molecule has 1 aliphatic heterocycles. The highest BCUT2D eigenvalue weighted by Gasteiger charge is 2.35. The highest BCUT2D eigenvalue weighted by molar-refractivity contribution is 6.30. The fourth-order valence-corrected chi connectivity index (χ4v) is 4.75. The first-order valence-electron chi connectivity index (χ1n) is 11.9. The topological polar surface area (TPSA) is 119 Å². The molecule has 9 nitrogen and oxygen atoms in total. The molecule has 38 heavy (non-hydrogen) atoms. The van der Waals surface area contributed by atoms with Crippen LogP contribution in [-0.2, 0) is 27.3 Å². The lowest BCUT2D eigenvalue weighted by Crippen LogP contribution is -2.36. The van der Waals surface area contributed by atoms with Gasteiger partial charge in [-0.25, -0.2) is 4.39 Å². The fraction of sp³-hybridized carbons (Fsp3) is 0.296. The summed E-state index contributed by atoms with van der Waals surface area (Å²) in [5, 5.41) is 0.514. The number of aromatic nitrogens is 2. The van der Waals surface area contributed by atoms with Gasteiger partial charge in [0.1, 0.15) is 11.5 Å². The van der Waals surface area contributed by atoms with E-state index in [4.69, 9.17) is 17.3 Å². The molecule has 4 rings (SSSR count). The van der Waals surface area contributed by atoms with E-state index in [-0.39, 0.29) is 55.0 Å². The van der Waals surface area contributed by atoms with Crippen molar-refractivity contribution in [3.63, 3.8) is 0 Å². The van der Waals surface area contributed by atoms with Crippen LogP contribution in [0.4, 0.5) is 21.8 Å². The number of anilines is 3. The van der Waals surface area contributed by atoms with Gasteiger partial charge in [-0.3, -0.25) is 28.6 Å². The monoisotopic (exact) mass is 539 g/mol. The fourth-order valence-electron chi connectivity index (χ4n) is 4.63. The SMILES string of the molecule is Cc1cc(F)cc(CC(CC(=O)Cn2c(N)nc3c2C(=O)CC(=O)N3C)C(=O)N(C)c2ccc(Cl)cc2)c1. The van der Waals surface area contributed by atoms with E-state index in [1.165, 1.54) is 33.5 Å². The number of amides is 2. The van der Waals surface area contributed by atoms with Gasteiger partial charge in [-0.2, -0.15) is 4.98 Å². The summed E-state index contributed by atoms with van der Waals surface area (Å²) in [6.07, 6.45) is -0.425. The number of hydrogen-bond donors (Lipinski definition) is 1. The van der Waals surface area contributed by atoms with Gasteiger partial charge in [0.25, 0.3) is 0 Å². The molecule has 0 aliphatic carbocycles. The van der Waals surface area contributed by atoms with Gasteiger partial charge < -0.3 is 10.6 Å². The number of ketones is 2. The van der Waals surface area contributed by atoms with Crippen LogP contribution in [0.1, 0.15) is 34.5 Å². The standard InChI is InChI=1S/C27H27ClFN5O4/c1-15-8-16(11-19(29)9-15)10-17(26(38)32(2)20-6-4-18(28)5-7-20)12-21(35)14-34-24-22(36)13-23(37)33(3)25(24)31-27(34)30/h4-9,11,17H,10,12-14H2,1-3H3,(H2,30,31). The first kappa shape index (κ1) is 27.0. The zero-order chi connectivity index (χ0) is 27.7. The summed E-state index contributed by atoms with van der Waals surface area (Å²) in [6, 6.07) is 11.2. The number of nitrogens with zero attached hydrogens (tertiary/aromatic N) is 4. The maximum Gasteiger partial charge on any atom is 0.235 e. The van der Waals surface area contributed by atoms with E-state index in [0.29, 0.717) is 21.8 Å². The number of nitrogens with two attached hydrogens (primary N) is 1. The van der Waals surface area contributed by atoms with Crippen molar-refractivity contribution >= 4 is 52.4 Å². The first-order valence-corrected chi connectivity index (χ1v) is 12.3. The Bertz CT molecular complexity index is 1420. The summed E-state index contributed by atoms with van der Waals surface area (Å²) < 4.78 is 15.4. The Morgan fingerprint density at radius 3 is 2.53 bits per heavy atom. The second kappa shape index (κ2) is 10.7. The minimum absolute atomic E-state index is 0.0832. The number of aryl methyl sites for hydroxylation is 1. The molecule has 1 unspecified atom stereocenters. The van der Waals surface area contributed by atoms with Gasteiger partial charge in [0.15, 0.2) is 17.4 Å². The van der Waals surface area contributed by atoms with E-state index in [0.717, 1.165) is 0 Å². The number of carbonyl (C=O) groups is 4. The van der Waals surface area contributed by atoms with Crippen LogP contribution in [0, 0.1) is 18.7 Å². The van der Waals surface area contributed by atoms with E-state index < -0.39 is 23.4 Å². The molecule has 1 aromatic heterocycles. The first-order chi connectivity index (χ1) is 17.9. The molecule has 0 fully saturated rings. The molecule has 11 heteroatoms. The summed E-state index contributed by atoms with van der Waals surface area (Å²) in [5.74, 6) is -2.86. The zero-order valence-electron chi connectivity index (χ0n) is 21.2. The average molecular weight is 540 g/mol. The predicted molar refractivity (Wildman–Crippen MR) is 142 cm³/mol. The van der Waals surface area contributed by atoms with Gasteiger partial charge in [-0.05, 0) is 60.9 Å². The number of fused-ring (bicyclic) bond motifs is 1. The quantitative estimate of drug-likeness (QED) is 0.437. The van der Waals surface area contributed by atoms with Crippen LogP contribution >= 0.6 is 11.6 Å². The minimum atomic E-state index is -0.829. The van der Waals surface area contributed by atoms with Crippen LogP contribution in [0.3, 0.4) is 0 Å². The second-order valence-corrected chi connectivity index (χ2v) is 9.87. The molecule has 2 heterocycles. The van der Waals surface area contributed by atoms with Crippen LogP contribution in [0.15, 0.2) is 42.5 Å². The van der Waals surface area contributed by atoms with Gasteiger partial charge in [-0.1, -0.05) is 17.7 Å². The lowest BCUT2D eigenvalue weighted by Gasteiger charge is -2.24. The second-order valence-electron chi connectivity index (χ2n) is 9.44. The molecule has 2 amide bonds. The summed E-state index contributed by atoms with van der Waals surface area (Å²) in [7, 11) is 3.07. The zero-order valence-corrected chi connectivity index (χ0v) is 22.0. The van der Waals surface area contributed by atoms with Crippen LogP contribution in [0.2, 0.25) is 5.02 Å². The Morgan fingerprint density at radius 1 is 1.18 bits per heavy atom. The molecule has 198 valence electrons. The van der Waals surface area contributed by atoms with E-state index in [1.807, 2.05) is 0 Å². The van der Waals surface area contributed by atoms with E-state index >= 15 is 0 Å². The molecule has 3 aromatic rings. The Kier molecular flexibility index (Phi) is 7.63. The van der Waals surface area contributed by atoms with Crippen molar-refractivity contribution < 1.29 is 23.6 Å². The summed E-state index contributed by atoms with van der Waals surface area (Å²) in [4.78, 5) is 58.2. The average Bonchev–Trinajstić information content (AvgIpc) is 3.17. The molecule has 2 aromatic carbocycles. The number of rotatable bonds is 8. The highest BCUT2D eigenvalue weighted by atomic mass is 35.5. The molecule has 1 aliphatic rings. The molecule has 1 atom stereocenters. The van der Waals surface area contributed by atoms with Gasteiger partial charge in [0.2, 0.25) is 17.8 Å². The van der Waals surface area contributed by atoms with Gasteiger partial charge in [0.05, 0.1) is 13.0 Å². The van der Waals surface area contributed by atoms with Crippen LogP contribution in [0.25, 0.3) is 0 Å². The minimum Gasteiger partial charge on any atom is -0.369 e. The maximum atomic E-state index is 14.1. The Hall–Kier alpha value is -4.05. The van der Waals surface area contributed by atoms with Crippen molar-refractivity contribution in [2.75, 3.05) is 29.6 Å². The van der Waals surface area contributed by atoms with Crippen molar-refractivity contribution in [3.05, 3.63) is 70.1 Å². The third kappa shape index (κ3) is 5.60. The summed E-state index contributed by atoms with van der Waals surface area (Å²) >= 11 is 5.98. The number of halogens is 2. The van der Waals surface area contributed by atoms with Crippen LogP contribution in [0.5, 0.6) is 0 Å². The van der Waals surface area contributed by atoms with Gasteiger partial charge in [0, 0.05) is 37.1 Å². The number of Topliss-reactive ketones (excluding diaryl/α,β-unsaturated/α-hetero) is 2. The smallest absolute Gasteiger partial charge is 0.235 e.